The second-order valence-electron chi connectivity index (χ2n) is 1.14. The quantitative estimate of drug-likeness (QED) is 0.426. The highest BCUT2D eigenvalue weighted by atomic mass is 32.2. The molecule has 2 nitrogen and oxygen atoms in total. The van der Waals surface area contributed by atoms with Crippen LogP contribution in [0.25, 0.3) is 0 Å². The van der Waals surface area contributed by atoms with Crippen LogP contribution in [0.15, 0.2) is 0 Å². The van der Waals surface area contributed by atoms with Crippen LogP contribution in [0.3, 0.4) is 0 Å². The van der Waals surface area contributed by atoms with Crippen LogP contribution in [0, 0.1) is 0 Å². The van der Waals surface area contributed by atoms with Crippen molar-refractivity contribution >= 4 is 12.0 Å². The van der Waals surface area contributed by atoms with Gasteiger partial charge in [0.2, 0.25) is 0 Å². The molecule has 1 aliphatic rings. The topological polar surface area (TPSA) is 29.1 Å². The minimum atomic E-state index is -0.509. The van der Waals surface area contributed by atoms with Crippen molar-refractivity contribution in [3.63, 3.8) is 0 Å². The lowest BCUT2D eigenvalue weighted by Gasteiger charge is -1.83. The average molecular weight is 105 g/mol. The molecular weight excluding hydrogens is 100 g/mol. The molecule has 1 aliphatic heterocycles. The third-order valence-electron chi connectivity index (χ3n) is 0.612. The Balaban J connectivity index is 2.18. The molecule has 1 fully saturated rings. The van der Waals surface area contributed by atoms with E-state index in [-0.39, 0.29) is 0 Å². The number of hydrogen-bond donors (Lipinski definition) is 0. The van der Waals surface area contributed by atoms with Gasteiger partial charge in [-0.3, -0.25) is 0 Å². The van der Waals surface area contributed by atoms with Crippen LogP contribution in [0.2, 0.25) is 0 Å². The minimum absolute atomic E-state index is 0.509. The maximum atomic E-state index is 10.2. The van der Waals surface area contributed by atoms with Crippen LogP contribution in [0.4, 0.5) is 0 Å². The van der Waals surface area contributed by atoms with Gasteiger partial charge in [-0.15, -0.1) is 0 Å². The van der Waals surface area contributed by atoms with E-state index in [1.807, 2.05) is 0 Å². The first-order valence-electron chi connectivity index (χ1n) is 1.83. The van der Waals surface area contributed by atoms with Gasteiger partial charge in [-0.25, -0.2) is 5.11 Å². The summed E-state index contributed by atoms with van der Waals surface area (Å²) in [5.74, 6) is 0. The molecule has 0 amide bonds. The monoisotopic (exact) mass is 105 g/mol. The molecule has 1 saturated heterocycles. The van der Waals surface area contributed by atoms with E-state index in [9.17, 15) is 5.11 Å². The largest absolute Gasteiger partial charge is 0.312 e. The fraction of sp³-hybridized carbons (Fsp3) is 1.00. The Morgan fingerprint density at radius 1 is 1.83 bits per heavy atom. The molecule has 1 rings (SSSR count). The fourth-order valence-electron chi connectivity index (χ4n) is 0.316. The van der Waals surface area contributed by atoms with E-state index in [0.717, 1.165) is 12.0 Å². The molecule has 1 heterocycles. The smallest absolute Gasteiger partial charge is 0.166 e. The first-order valence-corrected chi connectivity index (χ1v) is 2.64. The first kappa shape index (κ1) is 4.43. The SMILES string of the molecule is [O]C1CCOS1. The Morgan fingerprint density at radius 2 is 2.67 bits per heavy atom. The highest BCUT2D eigenvalue weighted by Crippen LogP contribution is 2.21. The predicted molar refractivity (Wildman–Crippen MR) is 22.6 cm³/mol. The molecule has 0 aromatic heterocycles. The number of rotatable bonds is 0. The summed E-state index contributed by atoms with van der Waals surface area (Å²) in [7, 11) is 0. The first-order chi connectivity index (χ1) is 2.89. The van der Waals surface area contributed by atoms with Crippen molar-refractivity contribution in [3.8, 4) is 0 Å². The Kier molecular flexibility index (Phi) is 1.34. The molecule has 0 aromatic carbocycles. The van der Waals surface area contributed by atoms with Gasteiger partial charge in [-0.05, 0) is 0 Å². The van der Waals surface area contributed by atoms with Gasteiger partial charge in [0, 0.05) is 18.5 Å². The van der Waals surface area contributed by atoms with Gasteiger partial charge < -0.3 is 4.18 Å². The van der Waals surface area contributed by atoms with E-state index in [0.29, 0.717) is 13.0 Å². The highest BCUT2D eigenvalue weighted by Gasteiger charge is 2.13. The highest BCUT2D eigenvalue weighted by molar-refractivity contribution is 7.95. The molecule has 1 atom stereocenters. The minimum Gasteiger partial charge on any atom is -0.312 e. The van der Waals surface area contributed by atoms with E-state index in [4.69, 9.17) is 0 Å². The summed E-state index contributed by atoms with van der Waals surface area (Å²) in [5, 5.41) is 10.2. The summed E-state index contributed by atoms with van der Waals surface area (Å²) in [5.41, 5.74) is -0.509. The van der Waals surface area contributed by atoms with Gasteiger partial charge >= 0.3 is 0 Å². The normalized spacial score (nSPS) is 34.5. The summed E-state index contributed by atoms with van der Waals surface area (Å²) in [6.45, 7) is 0.638. The van der Waals surface area contributed by atoms with E-state index in [2.05, 4.69) is 4.18 Å². The molecule has 1 unspecified atom stereocenters. The second kappa shape index (κ2) is 1.82. The average Bonchev–Trinajstić information content (AvgIpc) is 1.86. The van der Waals surface area contributed by atoms with Crippen molar-refractivity contribution < 1.29 is 9.29 Å². The summed E-state index contributed by atoms with van der Waals surface area (Å²) in [6, 6.07) is 0. The molecule has 35 valence electrons. The lowest BCUT2D eigenvalue weighted by molar-refractivity contribution is 0.163. The fourth-order valence-corrected chi connectivity index (χ4v) is 0.853. The summed E-state index contributed by atoms with van der Waals surface area (Å²) < 4.78 is 4.66. The maximum Gasteiger partial charge on any atom is 0.166 e. The Morgan fingerprint density at radius 3 is 2.83 bits per heavy atom. The van der Waals surface area contributed by atoms with Crippen molar-refractivity contribution in [3.05, 3.63) is 0 Å². The molecule has 6 heavy (non-hydrogen) atoms. The Hall–Kier alpha value is 0.270. The van der Waals surface area contributed by atoms with Gasteiger partial charge in [0.25, 0.3) is 0 Å². The van der Waals surface area contributed by atoms with E-state index in [1.54, 1.807) is 0 Å². The standard InChI is InChI=1S/C3H5O2S/c4-3-1-2-5-6-3/h3H,1-2H2. The zero-order valence-corrected chi connectivity index (χ0v) is 4.03. The van der Waals surface area contributed by atoms with Gasteiger partial charge in [-0.2, -0.15) is 0 Å². The van der Waals surface area contributed by atoms with Crippen molar-refractivity contribution in [2.45, 2.75) is 11.9 Å². The Bertz CT molecular complexity index is 42.1. The molecule has 3 heteroatoms. The molecule has 0 aromatic rings. The van der Waals surface area contributed by atoms with Crippen LogP contribution >= 0.6 is 12.0 Å². The third kappa shape index (κ3) is 0.864. The van der Waals surface area contributed by atoms with Gasteiger partial charge in [-0.1, -0.05) is 0 Å². The molecule has 0 spiro atoms. The molecule has 0 saturated carbocycles. The van der Waals surface area contributed by atoms with E-state index < -0.39 is 5.44 Å². The molecular formula is C3H5O2S. The zero-order chi connectivity index (χ0) is 4.41. The predicted octanol–water partition coefficient (Wildman–Crippen LogP) is 0.811. The number of hydrogen-bond acceptors (Lipinski definition) is 2. The van der Waals surface area contributed by atoms with E-state index in [1.165, 1.54) is 0 Å². The molecule has 0 aliphatic carbocycles. The van der Waals surface area contributed by atoms with Crippen molar-refractivity contribution in [2.75, 3.05) is 6.61 Å². The Labute approximate surface area is 40.7 Å². The van der Waals surface area contributed by atoms with Crippen molar-refractivity contribution in [2.24, 2.45) is 0 Å². The third-order valence-corrected chi connectivity index (χ3v) is 1.37. The van der Waals surface area contributed by atoms with E-state index >= 15 is 0 Å². The lowest BCUT2D eigenvalue weighted by Crippen LogP contribution is -1.87. The van der Waals surface area contributed by atoms with Crippen LogP contribution in [-0.4, -0.2) is 12.0 Å². The zero-order valence-electron chi connectivity index (χ0n) is 3.22. The van der Waals surface area contributed by atoms with Crippen LogP contribution in [0.5, 0.6) is 0 Å². The van der Waals surface area contributed by atoms with Gasteiger partial charge in [0.1, 0.15) is 0 Å². The van der Waals surface area contributed by atoms with Crippen LogP contribution in [-0.2, 0) is 9.29 Å². The second-order valence-corrected chi connectivity index (χ2v) is 2.09. The molecule has 1 radical (unpaired) electrons. The molecule has 0 N–H and O–H groups in total. The van der Waals surface area contributed by atoms with Gasteiger partial charge in [0.15, 0.2) is 5.44 Å². The summed E-state index contributed by atoms with van der Waals surface area (Å²) in [4.78, 5) is 0. The van der Waals surface area contributed by atoms with Crippen molar-refractivity contribution in [1.82, 2.24) is 0 Å². The molecule has 0 bridgehead atoms. The van der Waals surface area contributed by atoms with Crippen LogP contribution in [0.1, 0.15) is 6.42 Å². The van der Waals surface area contributed by atoms with Crippen molar-refractivity contribution in [1.29, 1.82) is 0 Å². The maximum absolute atomic E-state index is 10.2. The van der Waals surface area contributed by atoms with Crippen LogP contribution < -0.4 is 0 Å². The summed E-state index contributed by atoms with van der Waals surface area (Å²) >= 11 is 1.04. The van der Waals surface area contributed by atoms with Gasteiger partial charge in [0.05, 0.1) is 6.61 Å². The lowest BCUT2D eigenvalue weighted by atomic mass is 10.5. The summed E-state index contributed by atoms with van der Waals surface area (Å²) in [6.07, 6.45) is 0.671.